The number of rotatable bonds is 2. The number of nitrogens with zero attached hydrogens (tertiary/aromatic N) is 1. The zero-order valence-electron chi connectivity index (χ0n) is 9.67. The summed E-state index contributed by atoms with van der Waals surface area (Å²) in [5, 5.41) is 12.4. The van der Waals surface area contributed by atoms with E-state index in [0.717, 1.165) is 25.9 Å². The first-order chi connectivity index (χ1) is 8.60. The van der Waals surface area contributed by atoms with Gasteiger partial charge in [-0.2, -0.15) is 5.26 Å². The third-order valence-corrected chi connectivity index (χ3v) is 3.65. The topological polar surface area (TPSA) is 35.8 Å². The van der Waals surface area contributed by atoms with Gasteiger partial charge in [0.25, 0.3) is 0 Å². The minimum atomic E-state index is 0.635. The standard InChI is InChI=1S/C14H10Br2N2/c1-9-2-3-10(8-17)14(6-9)18-13-5-4-11(15)7-12(13)16/h2-7,18H,1H3. The van der Waals surface area contributed by atoms with Crippen LogP contribution in [-0.4, -0.2) is 0 Å². The Hall–Kier alpha value is -1.31. The lowest BCUT2D eigenvalue weighted by atomic mass is 10.1. The molecule has 0 radical (unpaired) electrons. The van der Waals surface area contributed by atoms with Crippen molar-refractivity contribution in [3.05, 3.63) is 56.5 Å². The third kappa shape index (κ3) is 2.92. The minimum absolute atomic E-state index is 0.635. The zero-order chi connectivity index (χ0) is 13.1. The van der Waals surface area contributed by atoms with E-state index in [0.29, 0.717) is 5.56 Å². The van der Waals surface area contributed by atoms with Crippen LogP contribution in [0.3, 0.4) is 0 Å². The average Bonchev–Trinajstić information content (AvgIpc) is 2.33. The van der Waals surface area contributed by atoms with Gasteiger partial charge in [0.05, 0.1) is 16.9 Å². The monoisotopic (exact) mass is 364 g/mol. The lowest BCUT2D eigenvalue weighted by molar-refractivity contribution is 1.40. The van der Waals surface area contributed by atoms with E-state index in [1.165, 1.54) is 0 Å². The van der Waals surface area contributed by atoms with Crippen molar-refractivity contribution < 1.29 is 0 Å². The quantitative estimate of drug-likeness (QED) is 0.800. The van der Waals surface area contributed by atoms with Crippen molar-refractivity contribution in [2.75, 3.05) is 5.32 Å². The molecule has 2 aromatic rings. The molecule has 0 amide bonds. The van der Waals surface area contributed by atoms with Gasteiger partial charge in [-0.25, -0.2) is 0 Å². The molecule has 2 aromatic carbocycles. The molecule has 90 valence electrons. The molecular weight excluding hydrogens is 356 g/mol. The van der Waals surface area contributed by atoms with E-state index in [1.54, 1.807) is 0 Å². The summed E-state index contributed by atoms with van der Waals surface area (Å²) < 4.78 is 1.95. The summed E-state index contributed by atoms with van der Waals surface area (Å²) in [5.74, 6) is 0. The molecule has 0 aliphatic rings. The second-order valence-corrected chi connectivity index (χ2v) is 5.68. The van der Waals surface area contributed by atoms with Gasteiger partial charge in [-0.15, -0.1) is 0 Å². The van der Waals surface area contributed by atoms with Crippen molar-refractivity contribution in [1.29, 1.82) is 5.26 Å². The summed E-state index contributed by atoms with van der Waals surface area (Å²) in [5.41, 5.74) is 3.50. The Morgan fingerprint density at radius 3 is 2.50 bits per heavy atom. The molecule has 0 saturated heterocycles. The van der Waals surface area contributed by atoms with Crippen LogP contribution in [0.5, 0.6) is 0 Å². The smallest absolute Gasteiger partial charge is 0.101 e. The lowest BCUT2D eigenvalue weighted by Gasteiger charge is -2.11. The highest BCUT2D eigenvalue weighted by molar-refractivity contribution is 9.11. The van der Waals surface area contributed by atoms with Crippen LogP contribution in [0.2, 0.25) is 0 Å². The van der Waals surface area contributed by atoms with Crippen LogP contribution in [0, 0.1) is 18.3 Å². The summed E-state index contributed by atoms with van der Waals surface area (Å²) in [4.78, 5) is 0. The van der Waals surface area contributed by atoms with Crippen LogP contribution >= 0.6 is 31.9 Å². The predicted molar refractivity (Wildman–Crippen MR) is 81.0 cm³/mol. The van der Waals surface area contributed by atoms with Crippen LogP contribution in [-0.2, 0) is 0 Å². The Morgan fingerprint density at radius 2 is 1.83 bits per heavy atom. The van der Waals surface area contributed by atoms with Gasteiger partial charge in [-0.1, -0.05) is 22.0 Å². The fourth-order valence-electron chi connectivity index (χ4n) is 1.59. The highest BCUT2D eigenvalue weighted by Gasteiger charge is 2.05. The maximum atomic E-state index is 9.09. The minimum Gasteiger partial charge on any atom is -0.354 e. The van der Waals surface area contributed by atoms with E-state index in [2.05, 4.69) is 43.2 Å². The average molecular weight is 366 g/mol. The number of hydrogen-bond donors (Lipinski definition) is 1. The maximum absolute atomic E-state index is 9.09. The highest BCUT2D eigenvalue weighted by atomic mass is 79.9. The summed E-state index contributed by atoms with van der Waals surface area (Å²) in [6, 6.07) is 13.8. The Bertz CT molecular complexity index is 630. The van der Waals surface area contributed by atoms with Crippen molar-refractivity contribution >= 4 is 43.2 Å². The normalized spacial score (nSPS) is 9.89. The number of aryl methyl sites for hydroxylation is 1. The summed E-state index contributed by atoms with van der Waals surface area (Å²) in [6.45, 7) is 2.00. The zero-order valence-corrected chi connectivity index (χ0v) is 12.8. The van der Waals surface area contributed by atoms with Crippen LogP contribution < -0.4 is 5.32 Å². The van der Waals surface area contributed by atoms with Crippen LogP contribution in [0.1, 0.15) is 11.1 Å². The van der Waals surface area contributed by atoms with Crippen molar-refractivity contribution in [2.45, 2.75) is 6.92 Å². The molecule has 0 unspecified atom stereocenters. The van der Waals surface area contributed by atoms with Gasteiger partial charge in [-0.3, -0.25) is 0 Å². The first kappa shape index (κ1) is 13.1. The number of benzene rings is 2. The molecule has 2 nitrogen and oxygen atoms in total. The van der Waals surface area contributed by atoms with Gasteiger partial charge >= 0.3 is 0 Å². The number of nitriles is 1. The van der Waals surface area contributed by atoms with Crippen molar-refractivity contribution in [3.63, 3.8) is 0 Å². The molecule has 0 aromatic heterocycles. The van der Waals surface area contributed by atoms with Gasteiger partial charge < -0.3 is 5.32 Å². The fourth-order valence-corrected chi connectivity index (χ4v) is 2.74. The second kappa shape index (κ2) is 5.55. The molecule has 0 fully saturated rings. The van der Waals surface area contributed by atoms with Gasteiger partial charge in [-0.05, 0) is 58.7 Å². The van der Waals surface area contributed by atoms with Crippen molar-refractivity contribution in [1.82, 2.24) is 0 Å². The van der Waals surface area contributed by atoms with Crippen molar-refractivity contribution in [3.8, 4) is 6.07 Å². The first-order valence-electron chi connectivity index (χ1n) is 5.33. The number of anilines is 2. The Kier molecular flexibility index (Phi) is 4.05. The molecule has 2 rings (SSSR count). The molecule has 0 aliphatic carbocycles. The maximum Gasteiger partial charge on any atom is 0.101 e. The van der Waals surface area contributed by atoms with E-state index < -0.39 is 0 Å². The van der Waals surface area contributed by atoms with Crippen molar-refractivity contribution in [2.24, 2.45) is 0 Å². The highest BCUT2D eigenvalue weighted by Crippen LogP contribution is 2.30. The fraction of sp³-hybridized carbons (Fsp3) is 0.0714. The van der Waals surface area contributed by atoms with Crippen LogP contribution in [0.4, 0.5) is 11.4 Å². The molecule has 18 heavy (non-hydrogen) atoms. The second-order valence-electron chi connectivity index (χ2n) is 3.91. The van der Waals surface area contributed by atoms with Gasteiger partial charge in [0.2, 0.25) is 0 Å². The summed E-state index contributed by atoms with van der Waals surface area (Å²) in [6.07, 6.45) is 0. The van der Waals surface area contributed by atoms with E-state index >= 15 is 0 Å². The van der Waals surface area contributed by atoms with Gasteiger partial charge in [0.1, 0.15) is 6.07 Å². The molecule has 1 N–H and O–H groups in total. The Morgan fingerprint density at radius 1 is 1.06 bits per heavy atom. The Labute approximate surface area is 123 Å². The number of hydrogen-bond acceptors (Lipinski definition) is 2. The largest absolute Gasteiger partial charge is 0.354 e. The molecule has 0 aliphatic heterocycles. The summed E-state index contributed by atoms with van der Waals surface area (Å²) >= 11 is 6.91. The number of nitrogens with one attached hydrogen (secondary N) is 1. The van der Waals surface area contributed by atoms with Gasteiger partial charge in [0.15, 0.2) is 0 Å². The van der Waals surface area contributed by atoms with E-state index in [9.17, 15) is 0 Å². The van der Waals surface area contributed by atoms with Crippen LogP contribution in [0.15, 0.2) is 45.3 Å². The SMILES string of the molecule is Cc1ccc(C#N)c(Nc2ccc(Br)cc2Br)c1. The molecular formula is C14H10Br2N2. The molecule has 4 heteroatoms. The molecule has 0 atom stereocenters. The Balaban J connectivity index is 2.40. The summed E-state index contributed by atoms with van der Waals surface area (Å²) in [7, 11) is 0. The third-order valence-electron chi connectivity index (χ3n) is 2.50. The van der Waals surface area contributed by atoms with E-state index in [1.807, 2.05) is 43.3 Å². The molecule has 0 bridgehead atoms. The van der Waals surface area contributed by atoms with E-state index in [-0.39, 0.29) is 0 Å². The predicted octanol–water partition coefficient (Wildman–Crippen LogP) is 5.14. The molecule has 0 heterocycles. The number of halogens is 2. The van der Waals surface area contributed by atoms with Gasteiger partial charge in [0, 0.05) is 8.95 Å². The van der Waals surface area contributed by atoms with E-state index in [4.69, 9.17) is 5.26 Å². The first-order valence-corrected chi connectivity index (χ1v) is 6.91. The lowest BCUT2D eigenvalue weighted by Crippen LogP contribution is -1.95. The van der Waals surface area contributed by atoms with Crippen LogP contribution in [0.25, 0.3) is 0 Å². The molecule has 0 spiro atoms. The molecule has 0 saturated carbocycles.